The fourth-order valence-corrected chi connectivity index (χ4v) is 2.33. The summed E-state index contributed by atoms with van der Waals surface area (Å²) in [6.07, 6.45) is 0.618. The van der Waals surface area contributed by atoms with Crippen molar-refractivity contribution < 1.29 is 9.18 Å². The van der Waals surface area contributed by atoms with Crippen molar-refractivity contribution in [3.05, 3.63) is 64.9 Å². The van der Waals surface area contributed by atoms with Crippen LogP contribution in [0, 0.1) is 5.82 Å². The smallest absolute Gasteiger partial charge is 0.243 e. The lowest BCUT2D eigenvalue weighted by Gasteiger charge is -2.04. The molecule has 1 aromatic heterocycles. The number of carbonyl (C=O) groups excluding carboxylic acids is 1. The van der Waals surface area contributed by atoms with Crippen LogP contribution in [-0.4, -0.2) is 32.7 Å². The summed E-state index contributed by atoms with van der Waals surface area (Å²) in [7, 11) is 0. The number of hydrogen-bond acceptors (Lipinski definition) is 4. The fraction of sp³-hybridized carbons (Fsp3) is 0.176. The molecule has 0 fully saturated rings. The van der Waals surface area contributed by atoms with Gasteiger partial charge in [-0.05, 0) is 53.6 Å². The van der Waals surface area contributed by atoms with Crippen molar-refractivity contribution in [1.29, 1.82) is 0 Å². The first-order valence-corrected chi connectivity index (χ1v) is 8.03. The number of carbonyl (C=O) groups is 1. The maximum absolute atomic E-state index is 12.8. The molecule has 0 unspecified atom stereocenters. The molecule has 0 spiro atoms. The zero-order valence-corrected chi connectivity index (χ0v) is 13.9. The molecule has 1 heterocycles. The number of tetrazole rings is 1. The van der Waals surface area contributed by atoms with E-state index in [0.717, 1.165) is 11.1 Å². The Morgan fingerprint density at radius 3 is 2.56 bits per heavy atom. The van der Waals surface area contributed by atoms with Crippen LogP contribution in [0.4, 0.5) is 4.39 Å². The Kier molecular flexibility index (Phi) is 5.35. The molecule has 25 heavy (non-hydrogen) atoms. The van der Waals surface area contributed by atoms with Crippen molar-refractivity contribution in [3.8, 4) is 11.4 Å². The van der Waals surface area contributed by atoms with Crippen LogP contribution in [-0.2, 0) is 17.8 Å². The highest BCUT2D eigenvalue weighted by molar-refractivity contribution is 6.30. The molecule has 0 aliphatic rings. The van der Waals surface area contributed by atoms with Crippen molar-refractivity contribution in [2.45, 2.75) is 13.0 Å². The first-order chi connectivity index (χ1) is 12.1. The molecule has 0 saturated heterocycles. The molecule has 8 heteroatoms. The number of aromatic nitrogens is 4. The molecular weight excluding hydrogens is 345 g/mol. The van der Waals surface area contributed by atoms with E-state index in [9.17, 15) is 9.18 Å². The average molecular weight is 360 g/mol. The fourth-order valence-electron chi connectivity index (χ4n) is 2.21. The molecule has 2 aromatic carbocycles. The zero-order valence-electron chi connectivity index (χ0n) is 13.2. The number of nitrogens with one attached hydrogen (secondary N) is 1. The van der Waals surface area contributed by atoms with Crippen molar-refractivity contribution in [2.75, 3.05) is 6.54 Å². The molecule has 0 saturated carbocycles. The zero-order chi connectivity index (χ0) is 17.6. The third-order valence-electron chi connectivity index (χ3n) is 3.49. The predicted molar refractivity (Wildman–Crippen MR) is 91.4 cm³/mol. The van der Waals surface area contributed by atoms with Gasteiger partial charge in [0.25, 0.3) is 0 Å². The Morgan fingerprint density at radius 2 is 1.84 bits per heavy atom. The second kappa shape index (κ2) is 7.85. The number of benzene rings is 2. The highest BCUT2D eigenvalue weighted by Crippen LogP contribution is 2.16. The van der Waals surface area contributed by atoms with E-state index in [0.29, 0.717) is 23.8 Å². The second-order valence-corrected chi connectivity index (χ2v) is 5.81. The molecule has 0 bridgehead atoms. The number of amides is 1. The second-order valence-electron chi connectivity index (χ2n) is 5.38. The van der Waals surface area contributed by atoms with Crippen LogP contribution in [0.5, 0.6) is 0 Å². The van der Waals surface area contributed by atoms with Crippen LogP contribution in [0.3, 0.4) is 0 Å². The van der Waals surface area contributed by atoms with Gasteiger partial charge in [-0.15, -0.1) is 10.2 Å². The molecule has 3 rings (SSSR count). The van der Waals surface area contributed by atoms with Crippen LogP contribution in [0.1, 0.15) is 5.56 Å². The molecule has 1 amide bonds. The Bertz CT molecular complexity index is 848. The Balaban J connectivity index is 1.49. The summed E-state index contributed by atoms with van der Waals surface area (Å²) in [5.41, 5.74) is 1.72. The summed E-state index contributed by atoms with van der Waals surface area (Å²) in [6.45, 7) is 0.424. The van der Waals surface area contributed by atoms with Crippen LogP contribution in [0.25, 0.3) is 11.4 Å². The van der Waals surface area contributed by atoms with Gasteiger partial charge in [-0.3, -0.25) is 4.79 Å². The molecule has 128 valence electrons. The Labute approximate surface area is 148 Å². The summed E-state index contributed by atoms with van der Waals surface area (Å²) < 4.78 is 12.8. The van der Waals surface area contributed by atoms with Gasteiger partial charge in [-0.25, -0.2) is 4.39 Å². The molecule has 0 aliphatic heterocycles. The standard InChI is InChI=1S/C17H15ClFN5O/c18-14-5-3-13(4-6-14)17-21-23-24(22-17)11-16(25)20-10-9-12-1-7-15(19)8-2-12/h1-8H,9-11H2,(H,20,25). The van der Waals surface area contributed by atoms with Crippen LogP contribution >= 0.6 is 11.6 Å². The largest absolute Gasteiger partial charge is 0.354 e. The lowest BCUT2D eigenvalue weighted by atomic mass is 10.1. The lowest BCUT2D eigenvalue weighted by Crippen LogP contribution is -2.30. The van der Waals surface area contributed by atoms with E-state index >= 15 is 0 Å². The quantitative estimate of drug-likeness (QED) is 0.734. The number of halogens is 2. The van der Waals surface area contributed by atoms with Gasteiger partial charge < -0.3 is 5.32 Å². The van der Waals surface area contributed by atoms with E-state index in [2.05, 4.69) is 20.7 Å². The molecule has 0 radical (unpaired) electrons. The van der Waals surface area contributed by atoms with Gasteiger partial charge in [0.05, 0.1) is 0 Å². The minimum Gasteiger partial charge on any atom is -0.354 e. The van der Waals surface area contributed by atoms with Crippen LogP contribution < -0.4 is 5.32 Å². The average Bonchev–Trinajstić information content (AvgIpc) is 3.06. The van der Waals surface area contributed by atoms with E-state index in [1.165, 1.54) is 16.9 Å². The minimum absolute atomic E-state index is 0.0238. The summed E-state index contributed by atoms with van der Waals surface area (Å²) in [6, 6.07) is 13.2. The Hall–Kier alpha value is -2.80. The topological polar surface area (TPSA) is 72.7 Å². The lowest BCUT2D eigenvalue weighted by molar-refractivity contribution is -0.122. The summed E-state index contributed by atoms with van der Waals surface area (Å²) in [4.78, 5) is 13.2. The first-order valence-electron chi connectivity index (χ1n) is 7.65. The van der Waals surface area contributed by atoms with E-state index < -0.39 is 0 Å². The molecule has 1 N–H and O–H groups in total. The van der Waals surface area contributed by atoms with E-state index in [-0.39, 0.29) is 18.3 Å². The van der Waals surface area contributed by atoms with Gasteiger partial charge in [0.2, 0.25) is 11.7 Å². The predicted octanol–water partition coefficient (Wildman–Crippen LogP) is 2.49. The van der Waals surface area contributed by atoms with Crippen molar-refractivity contribution >= 4 is 17.5 Å². The SMILES string of the molecule is O=C(Cn1nnc(-c2ccc(Cl)cc2)n1)NCCc1ccc(F)cc1. The monoisotopic (exact) mass is 359 g/mol. The summed E-state index contributed by atoms with van der Waals surface area (Å²) in [5, 5.41) is 15.4. The van der Waals surface area contributed by atoms with Gasteiger partial charge in [0.1, 0.15) is 12.4 Å². The molecule has 6 nitrogen and oxygen atoms in total. The van der Waals surface area contributed by atoms with Gasteiger partial charge in [-0.1, -0.05) is 23.7 Å². The van der Waals surface area contributed by atoms with Crippen LogP contribution in [0.15, 0.2) is 48.5 Å². The van der Waals surface area contributed by atoms with Crippen molar-refractivity contribution in [3.63, 3.8) is 0 Å². The number of rotatable bonds is 6. The number of nitrogens with zero attached hydrogens (tertiary/aromatic N) is 4. The van der Waals surface area contributed by atoms with Gasteiger partial charge in [0.15, 0.2) is 0 Å². The summed E-state index contributed by atoms with van der Waals surface area (Å²) in [5.74, 6) is -0.0699. The maximum Gasteiger partial charge on any atom is 0.243 e. The van der Waals surface area contributed by atoms with Crippen molar-refractivity contribution in [2.24, 2.45) is 0 Å². The number of hydrogen-bond donors (Lipinski definition) is 1. The van der Waals surface area contributed by atoms with E-state index in [4.69, 9.17) is 11.6 Å². The normalized spacial score (nSPS) is 10.6. The molecule has 0 atom stereocenters. The van der Waals surface area contributed by atoms with Gasteiger partial charge in [-0.2, -0.15) is 4.80 Å². The summed E-state index contributed by atoms with van der Waals surface area (Å²) >= 11 is 5.84. The van der Waals surface area contributed by atoms with E-state index in [1.54, 1.807) is 36.4 Å². The first kappa shape index (κ1) is 17.0. The molecule has 0 aliphatic carbocycles. The van der Waals surface area contributed by atoms with Crippen LogP contribution in [0.2, 0.25) is 5.02 Å². The van der Waals surface area contributed by atoms with Crippen molar-refractivity contribution in [1.82, 2.24) is 25.5 Å². The molecular formula is C17H15ClFN5O. The minimum atomic E-state index is -0.276. The third-order valence-corrected chi connectivity index (χ3v) is 3.74. The highest BCUT2D eigenvalue weighted by Gasteiger charge is 2.09. The third kappa shape index (κ3) is 4.84. The van der Waals surface area contributed by atoms with Gasteiger partial charge >= 0.3 is 0 Å². The molecule has 3 aromatic rings. The highest BCUT2D eigenvalue weighted by atomic mass is 35.5. The van der Waals surface area contributed by atoms with E-state index in [1.807, 2.05) is 0 Å². The van der Waals surface area contributed by atoms with Gasteiger partial charge in [0, 0.05) is 17.1 Å². The Morgan fingerprint density at radius 1 is 1.12 bits per heavy atom. The maximum atomic E-state index is 12.8.